The highest BCUT2D eigenvalue weighted by Gasteiger charge is 2.45. The second-order valence-corrected chi connectivity index (χ2v) is 9.42. The van der Waals surface area contributed by atoms with E-state index in [0.717, 1.165) is 12.8 Å². The third kappa shape index (κ3) is 5.51. The van der Waals surface area contributed by atoms with Gasteiger partial charge in [-0.3, -0.25) is 4.79 Å². The highest BCUT2D eigenvalue weighted by atomic mass is 19.1. The molecule has 0 spiro atoms. The summed E-state index contributed by atoms with van der Waals surface area (Å²) in [5.74, 6) is -0.776. The fraction of sp³-hybridized carbons (Fsp3) is 0.345. The Morgan fingerprint density at radius 3 is 2.53 bits per heavy atom. The van der Waals surface area contributed by atoms with Crippen LogP contribution in [-0.2, 0) is 22.6 Å². The summed E-state index contributed by atoms with van der Waals surface area (Å²) in [5, 5.41) is 11.2. The quantitative estimate of drug-likeness (QED) is 0.341. The van der Waals surface area contributed by atoms with Crippen molar-refractivity contribution in [2.45, 2.75) is 45.3 Å². The van der Waals surface area contributed by atoms with Gasteiger partial charge in [-0.15, -0.1) is 0 Å². The van der Waals surface area contributed by atoms with E-state index in [2.05, 4.69) is 4.74 Å². The molecule has 0 unspecified atom stereocenters. The SMILES string of the molecule is COC(=O)CCc1cccc(OCc2ccc(-c3cc(OC)ccc3F)c([C@H](O)C3(C)CC3)c2)c1F. The molecule has 0 heterocycles. The zero-order chi connectivity index (χ0) is 25.9. The Labute approximate surface area is 209 Å². The van der Waals surface area contributed by atoms with Gasteiger partial charge in [-0.05, 0) is 77.3 Å². The fourth-order valence-electron chi connectivity index (χ4n) is 4.22. The molecule has 1 N–H and O–H groups in total. The minimum atomic E-state index is -0.795. The number of ether oxygens (including phenoxy) is 3. The lowest BCUT2D eigenvalue weighted by molar-refractivity contribution is -0.140. The summed E-state index contributed by atoms with van der Waals surface area (Å²) in [6, 6.07) is 14.6. The molecule has 5 nitrogen and oxygen atoms in total. The third-order valence-corrected chi connectivity index (χ3v) is 6.84. The van der Waals surface area contributed by atoms with Gasteiger partial charge in [0.25, 0.3) is 0 Å². The lowest BCUT2D eigenvalue weighted by Crippen LogP contribution is -2.12. The van der Waals surface area contributed by atoms with Crippen molar-refractivity contribution in [3.05, 3.63) is 82.9 Å². The zero-order valence-corrected chi connectivity index (χ0v) is 20.6. The molecule has 3 aromatic carbocycles. The molecule has 0 aromatic heterocycles. The van der Waals surface area contributed by atoms with Gasteiger partial charge >= 0.3 is 5.97 Å². The highest BCUT2D eigenvalue weighted by molar-refractivity contribution is 5.71. The van der Waals surface area contributed by atoms with Crippen LogP contribution in [0.25, 0.3) is 11.1 Å². The topological polar surface area (TPSA) is 65.0 Å². The molecule has 1 aliphatic rings. The van der Waals surface area contributed by atoms with Gasteiger partial charge in [-0.2, -0.15) is 0 Å². The number of aliphatic hydroxyl groups is 1. The number of hydrogen-bond donors (Lipinski definition) is 1. The number of benzene rings is 3. The maximum absolute atomic E-state index is 14.9. The number of rotatable bonds is 10. The lowest BCUT2D eigenvalue weighted by Gasteiger charge is -2.23. The van der Waals surface area contributed by atoms with E-state index in [0.29, 0.717) is 33.6 Å². The zero-order valence-electron chi connectivity index (χ0n) is 20.6. The molecule has 0 amide bonds. The smallest absolute Gasteiger partial charge is 0.305 e. The van der Waals surface area contributed by atoms with Gasteiger partial charge in [0.15, 0.2) is 11.6 Å². The van der Waals surface area contributed by atoms with Crippen LogP contribution in [0.5, 0.6) is 11.5 Å². The van der Waals surface area contributed by atoms with Crippen molar-refractivity contribution in [1.29, 1.82) is 0 Å². The van der Waals surface area contributed by atoms with Crippen LogP contribution in [0.4, 0.5) is 8.78 Å². The highest BCUT2D eigenvalue weighted by Crippen LogP contribution is 2.55. The van der Waals surface area contributed by atoms with E-state index in [1.807, 2.05) is 6.92 Å². The van der Waals surface area contributed by atoms with Crippen molar-refractivity contribution in [3.63, 3.8) is 0 Å². The Morgan fingerprint density at radius 2 is 1.83 bits per heavy atom. The van der Waals surface area contributed by atoms with Crippen molar-refractivity contribution >= 4 is 5.97 Å². The number of methoxy groups -OCH3 is 2. The van der Waals surface area contributed by atoms with Crippen molar-refractivity contribution in [1.82, 2.24) is 0 Å². The Kier molecular flexibility index (Phi) is 7.59. The van der Waals surface area contributed by atoms with Crippen LogP contribution >= 0.6 is 0 Å². The van der Waals surface area contributed by atoms with Crippen molar-refractivity contribution in [3.8, 4) is 22.6 Å². The number of carbonyl (C=O) groups is 1. The number of aryl methyl sites for hydroxylation is 1. The predicted molar refractivity (Wildman–Crippen MR) is 132 cm³/mol. The Balaban J connectivity index is 1.61. The molecule has 0 radical (unpaired) electrons. The second kappa shape index (κ2) is 10.7. The van der Waals surface area contributed by atoms with E-state index < -0.39 is 23.7 Å². The Bertz CT molecular complexity index is 1250. The minimum Gasteiger partial charge on any atom is -0.497 e. The van der Waals surface area contributed by atoms with Crippen LogP contribution in [0, 0.1) is 17.0 Å². The number of carbonyl (C=O) groups excluding carboxylic acids is 1. The van der Waals surface area contributed by atoms with Crippen LogP contribution in [-0.4, -0.2) is 25.3 Å². The molecule has 4 rings (SSSR count). The first-order valence-corrected chi connectivity index (χ1v) is 11.9. The molecule has 190 valence electrons. The molecule has 1 aliphatic carbocycles. The summed E-state index contributed by atoms with van der Waals surface area (Å²) >= 11 is 0. The van der Waals surface area contributed by atoms with E-state index in [-0.39, 0.29) is 30.6 Å². The summed E-state index contributed by atoms with van der Waals surface area (Å²) in [6.45, 7) is 2.05. The summed E-state index contributed by atoms with van der Waals surface area (Å²) in [6.07, 6.45) is 1.22. The van der Waals surface area contributed by atoms with Gasteiger partial charge in [0.2, 0.25) is 0 Å². The first-order chi connectivity index (χ1) is 17.3. The monoisotopic (exact) mass is 496 g/mol. The van der Waals surface area contributed by atoms with Crippen molar-refractivity contribution in [2.24, 2.45) is 5.41 Å². The molecule has 3 aromatic rings. The molecule has 0 aliphatic heterocycles. The average Bonchev–Trinajstić information content (AvgIpc) is 3.65. The molecule has 1 fully saturated rings. The van der Waals surface area contributed by atoms with Gasteiger partial charge in [-0.1, -0.05) is 31.2 Å². The average molecular weight is 497 g/mol. The van der Waals surface area contributed by atoms with Crippen LogP contribution < -0.4 is 9.47 Å². The van der Waals surface area contributed by atoms with Crippen LogP contribution in [0.3, 0.4) is 0 Å². The van der Waals surface area contributed by atoms with Gasteiger partial charge in [0.05, 0.1) is 20.3 Å². The number of hydrogen-bond acceptors (Lipinski definition) is 5. The maximum Gasteiger partial charge on any atom is 0.305 e. The third-order valence-electron chi connectivity index (χ3n) is 6.84. The molecule has 0 saturated heterocycles. The van der Waals surface area contributed by atoms with Gasteiger partial charge in [-0.25, -0.2) is 8.78 Å². The number of halogens is 2. The summed E-state index contributed by atoms with van der Waals surface area (Å²) in [4.78, 5) is 11.4. The largest absolute Gasteiger partial charge is 0.497 e. The molecular formula is C29H30F2O5. The van der Waals surface area contributed by atoms with Gasteiger partial charge in [0.1, 0.15) is 18.2 Å². The summed E-state index contributed by atoms with van der Waals surface area (Å²) < 4.78 is 45.4. The van der Waals surface area contributed by atoms with E-state index in [4.69, 9.17) is 9.47 Å². The summed E-state index contributed by atoms with van der Waals surface area (Å²) in [7, 11) is 2.81. The van der Waals surface area contributed by atoms with Gasteiger partial charge in [0, 0.05) is 12.0 Å². The van der Waals surface area contributed by atoms with Gasteiger partial charge < -0.3 is 19.3 Å². The van der Waals surface area contributed by atoms with E-state index in [1.165, 1.54) is 26.4 Å². The normalized spacial score (nSPS) is 14.7. The van der Waals surface area contributed by atoms with Crippen molar-refractivity contribution < 1.29 is 32.9 Å². The van der Waals surface area contributed by atoms with E-state index in [1.54, 1.807) is 42.5 Å². The maximum atomic E-state index is 14.9. The fourth-order valence-corrected chi connectivity index (χ4v) is 4.22. The van der Waals surface area contributed by atoms with Crippen molar-refractivity contribution in [2.75, 3.05) is 14.2 Å². The molecule has 1 atom stereocenters. The van der Waals surface area contributed by atoms with Crippen LogP contribution in [0.2, 0.25) is 0 Å². The first-order valence-electron chi connectivity index (χ1n) is 11.9. The van der Waals surface area contributed by atoms with E-state index in [9.17, 15) is 18.7 Å². The molecule has 36 heavy (non-hydrogen) atoms. The van der Waals surface area contributed by atoms with Crippen LogP contribution in [0.1, 0.15) is 49.0 Å². The molecule has 7 heteroatoms. The minimum absolute atomic E-state index is 0.0503. The molecule has 0 bridgehead atoms. The molecule has 1 saturated carbocycles. The summed E-state index contributed by atoms with van der Waals surface area (Å²) in [5.41, 5.74) is 2.30. The van der Waals surface area contributed by atoms with Crippen LogP contribution in [0.15, 0.2) is 54.6 Å². The Morgan fingerprint density at radius 1 is 1.06 bits per heavy atom. The number of esters is 1. The van der Waals surface area contributed by atoms with E-state index >= 15 is 0 Å². The second-order valence-electron chi connectivity index (χ2n) is 9.42. The molecular weight excluding hydrogens is 466 g/mol. The predicted octanol–water partition coefficient (Wildman–Crippen LogP) is 6.16. The lowest BCUT2D eigenvalue weighted by atomic mass is 9.87. The first kappa shape index (κ1) is 25.6. The Hall–Kier alpha value is -3.45. The number of aliphatic hydroxyl groups excluding tert-OH is 1. The standard InChI is InChI=1S/C29H30F2O5/c1-29(13-14-29)28(33)23-15-18(7-10-21(23)22-16-20(34-2)9-11-24(22)30)17-36-25-6-4-5-19(27(25)31)8-12-26(32)35-3/h4-7,9-11,15-16,28,33H,8,12-14,17H2,1-3H3/t28-/m0/s1.